The summed E-state index contributed by atoms with van der Waals surface area (Å²) in [5.74, 6) is -0.116. The number of anilines is 1. The Kier molecular flexibility index (Phi) is 6.46. The first kappa shape index (κ1) is 20.5. The first-order valence-electron chi connectivity index (χ1n) is 9.32. The number of amides is 1. The van der Waals surface area contributed by atoms with E-state index in [9.17, 15) is 9.59 Å². The molecule has 1 atom stereocenters. The maximum Gasteiger partial charge on any atom is 0.341 e. The zero-order chi connectivity index (χ0) is 20.3. The number of carbonyl (C=O) groups excluding carboxylic acids is 2. The van der Waals surface area contributed by atoms with E-state index in [-0.39, 0.29) is 17.0 Å². The van der Waals surface area contributed by atoms with Crippen LogP contribution in [0.2, 0.25) is 0 Å². The van der Waals surface area contributed by atoms with Crippen molar-refractivity contribution in [3.63, 3.8) is 0 Å². The average molecular weight is 421 g/mol. The highest BCUT2D eigenvalue weighted by atomic mass is 32.1. The molecule has 7 nitrogen and oxygen atoms in total. The van der Waals surface area contributed by atoms with E-state index >= 15 is 0 Å². The highest BCUT2D eigenvalue weighted by molar-refractivity contribution is 7.80. The molecule has 1 amide bonds. The molecule has 0 saturated heterocycles. The lowest BCUT2D eigenvalue weighted by atomic mass is 9.88. The number of nitrogens with one attached hydrogen (secondary N) is 2. The van der Waals surface area contributed by atoms with E-state index in [1.807, 2.05) is 6.92 Å². The van der Waals surface area contributed by atoms with Gasteiger partial charge in [-0.1, -0.05) is 13.8 Å². The zero-order valence-corrected chi connectivity index (χ0v) is 17.8. The van der Waals surface area contributed by atoms with Gasteiger partial charge >= 0.3 is 5.97 Å². The predicted molar refractivity (Wildman–Crippen MR) is 113 cm³/mol. The molecule has 2 heterocycles. The van der Waals surface area contributed by atoms with Crippen molar-refractivity contribution in [2.75, 3.05) is 11.9 Å². The molecule has 0 aromatic carbocycles. The fourth-order valence-electron chi connectivity index (χ4n) is 3.22. The van der Waals surface area contributed by atoms with Crippen LogP contribution in [0.4, 0.5) is 5.00 Å². The molecule has 0 aliphatic heterocycles. The summed E-state index contributed by atoms with van der Waals surface area (Å²) in [7, 11) is 1.68. The van der Waals surface area contributed by atoms with Crippen LogP contribution in [0.3, 0.4) is 0 Å². The number of esters is 1. The van der Waals surface area contributed by atoms with Crippen molar-refractivity contribution in [3.05, 3.63) is 34.0 Å². The van der Waals surface area contributed by atoms with E-state index in [2.05, 4.69) is 22.7 Å². The van der Waals surface area contributed by atoms with Gasteiger partial charge in [-0.25, -0.2) is 4.79 Å². The molecule has 0 bridgehead atoms. The highest BCUT2D eigenvalue weighted by Crippen LogP contribution is 2.40. The van der Waals surface area contributed by atoms with Crippen LogP contribution in [0, 0.1) is 5.92 Å². The van der Waals surface area contributed by atoms with Gasteiger partial charge < -0.3 is 10.1 Å². The minimum absolute atomic E-state index is 0.141. The van der Waals surface area contributed by atoms with Crippen molar-refractivity contribution in [2.45, 2.75) is 39.5 Å². The first-order chi connectivity index (χ1) is 13.4. The van der Waals surface area contributed by atoms with E-state index < -0.39 is 0 Å². The zero-order valence-electron chi connectivity index (χ0n) is 16.2. The average Bonchev–Trinajstić information content (AvgIpc) is 3.22. The quantitative estimate of drug-likeness (QED) is 0.570. The van der Waals surface area contributed by atoms with Crippen LogP contribution in [0.15, 0.2) is 12.3 Å². The van der Waals surface area contributed by atoms with Crippen molar-refractivity contribution < 1.29 is 14.3 Å². The van der Waals surface area contributed by atoms with Gasteiger partial charge in [0.15, 0.2) is 5.11 Å². The third kappa shape index (κ3) is 4.41. The second-order valence-corrected chi connectivity index (χ2v) is 8.45. The van der Waals surface area contributed by atoms with Gasteiger partial charge in [0.1, 0.15) is 10.7 Å². The van der Waals surface area contributed by atoms with Crippen LogP contribution in [0.5, 0.6) is 0 Å². The molecule has 0 fully saturated rings. The lowest BCUT2D eigenvalue weighted by Gasteiger charge is -2.18. The number of rotatable bonds is 5. The number of hydrogen-bond acceptors (Lipinski definition) is 6. The summed E-state index contributed by atoms with van der Waals surface area (Å²) in [4.78, 5) is 26.2. The summed E-state index contributed by atoms with van der Waals surface area (Å²) in [5.41, 5.74) is 2.00. The fourth-order valence-corrected chi connectivity index (χ4v) is 4.88. The van der Waals surface area contributed by atoms with Gasteiger partial charge in [-0.05, 0) is 55.4 Å². The predicted octanol–water partition coefficient (Wildman–Crippen LogP) is 3.30. The Labute approximate surface area is 173 Å². The minimum Gasteiger partial charge on any atom is -0.462 e. The van der Waals surface area contributed by atoms with Gasteiger partial charge in [-0.3, -0.25) is 14.8 Å². The number of ether oxygens (including phenoxy) is 1. The fraction of sp³-hybridized carbons (Fsp3) is 0.474. The van der Waals surface area contributed by atoms with E-state index in [1.165, 1.54) is 20.9 Å². The summed E-state index contributed by atoms with van der Waals surface area (Å²) < 4.78 is 6.86. The van der Waals surface area contributed by atoms with Gasteiger partial charge in [-0.2, -0.15) is 5.10 Å². The van der Waals surface area contributed by atoms with Crippen molar-refractivity contribution in [2.24, 2.45) is 13.0 Å². The molecular weight excluding hydrogens is 396 g/mol. The van der Waals surface area contributed by atoms with Crippen molar-refractivity contribution >= 4 is 45.5 Å². The van der Waals surface area contributed by atoms with Crippen LogP contribution in [0.1, 0.15) is 58.0 Å². The molecular formula is C19H24N4O3S2. The van der Waals surface area contributed by atoms with Gasteiger partial charge in [-0.15, -0.1) is 11.3 Å². The van der Waals surface area contributed by atoms with Crippen LogP contribution in [-0.2, 0) is 24.6 Å². The number of carbonyl (C=O) groups is 2. The molecule has 2 aromatic rings. The monoisotopic (exact) mass is 420 g/mol. The third-order valence-electron chi connectivity index (χ3n) is 4.66. The minimum atomic E-state index is -0.359. The normalized spacial score (nSPS) is 15.6. The Morgan fingerprint density at radius 1 is 1.46 bits per heavy atom. The van der Waals surface area contributed by atoms with Crippen LogP contribution in [0.25, 0.3) is 0 Å². The molecule has 2 aromatic heterocycles. The molecule has 1 aliphatic carbocycles. The van der Waals surface area contributed by atoms with Gasteiger partial charge in [0.2, 0.25) is 0 Å². The number of hydrogen-bond donors (Lipinski definition) is 2. The van der Waals surface area contributed by atoms with Gasteiger partial charge in [0.05, 0.1) is 12.2 Å². The van der Waals surface area contributed by atoms with E-state index in [0.717, 1.165) is 31.2 Å². The number of aromatic nitrogens is 2. The molecule has 0 spiro atoms. The standard InChI is InChI=1S/C19H24N4O3S2/c1-4-9-26-18(25)15-12-6-5-11(2)10-14(12)28-17(15)22-19(27)21-16(24)13-7-8-20-23(13)3/h7-8,11H,4-6,9-10H2,1-3H3,(H2,21,22,24,27). The van der Waals surface area contributed by atoms with Crippen LogP contribution < -0.4 is 10.6 Å². The molecule has 1 unspecified atom stereocenters. The van der Waals surface area contributed by atoms with Gasteiger partial charge in [0.25, 0.3) is 5.91 Å². The lowest BCUT2D eigenvalue weighted by molar-refractivity contribution is 0.0505. The second-order valence-electron chi connectivity index (χ2n) is 6.94. The summed E-state index contributed by atoms with van der Waals surface area (Å²) in [5, 5.41) is 10.4. The number of thiocarbonyl (C=S) groups is 1. The van der Waals surface area contributed by atoms with Crippen molar-refractivity contribution in [1.29, 1.82) is 0 Å². The molecule has 3 rings (SSSR count). The van der Waals surface area contributed by atoms with Crippen molar-refractivity contribution in [3.8, 4) is 0 Å². The Hall–Kier alpha value is -2.26. The third-order valence-corrected chi connectivity index (χ3v) is 6.03. The summed E-state index contributed by atoms with van der Waals surface area (Å²) in [6.07, 6.45) is 5.13. The second kappa shape index (κ2) is 8.83. The molecule has 1 aliphatic rings. The molecule has 150 valence electrons. The van der Waals surface area contributed by atoms with Crippen LogP contribution >= 0.6 is 23.6 Å². The smallest absolute Gasteiger partial charge is 0.341 e. The number of nitrogens with zero attached hydrogens (tertiary/aromatic N) is 2. The topological polar surface area (TPSA) is 85.2 Å². The van der Waals surface area contributed by atoms with E-state index in [4.69, 9.17) is 17.0 Å². The molecule has 28 heavy (non-hydrogen) atoms. The Balaban J connectivity index is 1.80. The number of thiophene rings is 1. The highest BCUT2D eigenvalue weighted by Gasteiger charge is 2.29. The van der Waals surface area contributed by atoms with E-state index in [0.29, 0.717) is 28.8 Å². The summed E-state index contributed by atoms with van der Waals surface area (Å²) in [6, 6.07) is 1.61. The van der Waals surface area contributed by atoms with Gasteiger partial charge in [0, 0.05) is 18.1 Å². The largest absolute Gasteiger partial charge is 0.462 e. The molecule has 0 saturated carbocycles. The summed E-state index contributed by atoms with van der Waals surface area (Å²) >= 11 is 6.82. The molecule has 9 heteroatoms. The lowest BCUT2D eigenvalue weighted by Crippen LogP contribution is -2.35. The molecule has 2 N–H and O–H groups in total. The van der Waals surface area contributed by atoms with Crippen molar-refractivity contribution in [1.82, 2.24) is 15.1 Å². The number of aryl methyl sites for hydroxylation is 1. The maximum atomic E-state index is 12.7. The van der Waals surface area contributed by atoms with Crippen LogP contribution in [-0.4, -0.2) is 33.4 Å². The SMILES string of the molecule is CCCOC(=O)c1c(NC(=S)NC(=O)c2ccnn2C)sc2c1CCC(C)C2. The van der Waals surface area contributed by atoms with E-state index in [1.54, 1.807) is 19.3 Å². The number of fused-ring (bicyclic) bond motifs is 1. The summed E-state index contributed by atoms with van der Waals surface area (Å²) in [6.45, 7) is 4.55. The molecule has 0 radical (unpaired) electrons. The Morgan fingerprint density at radius 2 is 2.25 bits per heavy atom. The Morgan fingerprint density at radius 3 is 2.93 bits per heavy atom. The maximum absolute atomic E-state index is 12.7. The Bertz CT molecular complexity index is 903. The first-order valence-corrected chi connectivity index (χ1v) is 10.5.